The molecule has 3 heterocycles. The minimum atomic E-state index is 0.422. The van der Waals surface area contributed by atoms with E-state index in [-0.39, 0.29) is 0 Å². The zero-order valence-corrected chi connectivity index (χ0v) is 12.7. The summed E-state index contributed by atoms with van der Waals surface area (Å²) in [5.74, 6) is 0.698. The molecule has 1 aromatic carbocycles. The van der Waals surface area contributed by atoms with Gasteiger partial charge in [-0.05, 0) is 36.4 Å². The summed E-state index contributed by atoms with van der Waals surface area (Å²) in [6.45, 7) is 4.12. The van der Waals surface area contributed by atoms with Crippen LogP contribution in [0.2, 0.25) is 5.15 Å². The Balaban J connectivity index is 1.68. The SMILES string of the molecule is Clc1ccc2nnc(-c3ccc(N4CCNCC4)cc3)n2n1. The van der Waals surface area contributed by atoms with Gasteiger partial charge in [0.15, 0.2) is 11.5 Å². The molecular weight excluding hydrogens is 300 g/mol. The summed E-state index contributed by atoms with van der Waals surface area (Å²) in [6, 6.07) is 11.9. The lowest BCUT2D eigenvalue weighted by atomic mass is 10.1. The maximum Gasteiger partial charge on any atom is 0.185 e. The maximum absolute atomic E-state index is 5.96. The molecule has 1 aliphatic heterocycles. The first-order chi connectivity index (χ1) is 10.8. The number of rotatable bonds is 2. The highest BCUT2D eigenvalue weighted by Gasteiger charge is 2.12. The van der Waals surface area contributed by atoms with E-state index in [9.17, 15) is 0 Å². The average molecular weight is 315 g/mol. The molecule has 1 N–H and O–H groups in total. The van der Waals surface area contributed by atoms with Crippen LogP contribution in [0.25, 0.3) is 17.0 Å². The maximum atomic E-state index is 5.96. The van der Waals surface area contributed by atoms with Crippen molar-refractivity contribution in [2.45, 2.75) is 0 Å². The first-order valence-electron chi connectivity index (χ1n) is 7.25. The number of fused-ring (bicyclic) bond motifs is 1. The highest BCUT2D eigenvalue weighted by molar-refractivity contribution is 6.29. The summed E-state index contributed by atoms with van der Waals surface area (Å²) in [5.41, 5.74) is 2.89. The largest absolute Gasteiger partial charge is 0.369 e. The Bertz CT molecular complexity index is 791. The second-order valence-electron chi connectivity index (χ2n) is 5.23. The smallest absolute Gasteiger partial charge is 0.185 e. The van der Waals surface area contributed by atoms with Gasteiger partial charge in [0.05, 0.1) is 0 Å². The van der Waals surface area contributed by atoms with Crippen LogP contribution in [-0.2, 0) is 0 Å². The van der Waals surface area contributed by atoms with Crippen LogP contribution < -0.4 is 10.2 Å². The average Bonchev–Trinajstić information content (AvgIpc) is 2.99. The normalized spacial score (nSPS) is 15.4. The molecule has 0 aliphatic carbocycles. The van der Waals surface area contributed by atoms with Crippen molar-refractivity contribution in [3.63, 3.8) is 0 Å². The van der Waals surface area contributed by atoms with Gasteiger partial charge in [0.25, 0.3) is 0 Å². The summed E-state index contributed by atoms with van der Waals surface area (Å²) in [4.78, 5) is 2.37. The van der Waals surface area contributed by atoms with Crippen molar-refractivity contribution in [2.75, 3.05) is 31.1 Å². The number of hydrogen-bond acceptors (Lipinski definition) is 5. The molecule has 2 aromatic heterocycles. The van der Waals surface area contributed by atoms with Crippen LogP contribution in [0.5, 0.6) is 0 Å². The molecule has 0 atom stereocenters. The molecule has 0 bridgehead atoms. The van der Waals surface area contributed by atoms with Crippen molar-refractivity contribution >= 4 is 22.9 Å². The van der Waals surface area contributed by atoms with Gasteiger partial charge in [0, 0.05) is 37.4 Å². The summed E-state index contributed by atoms with van der Waals surface area (Å²) in [6.07, 6.45) is 0. The van der Waals surface area contributed by atoms with Gasteiger partial charge in [-0.2, -0.15) is 9.61 Å². The van der Waals surface area contributed by atoms with Gasteiger partial charge in [-0.3, -0.25) is 0 Å². The van der Waals surface area contributed by atoms with Gasteiger partial charge in [-0.1, -0.05) is 11.6 Å². The zero-order valence-electron chi connectivity index (χ0n) is 11.9. The monoisotopic (exact) mass is 314 g/mol. The number of nitrogens with zero attached hydrogens (tertiary/aromatic N) is 5. The molecular formula is C15H15ClN6. The Morgan fingerprint density at radius 3 is 2.50 bits per heavy atom. The fraction of sp³-hybridized carbons (Fsp3) is 0.267. The van der Waals surface area contributed by atoms with E-state index in [4.69, 9.17) is 11.6 Å². The van der Waals surface area contributed by atoms with E-state index in [1.54, 1.807) is 16.6 Å². The highest BCUT2D eigenvalue weighted by Crippen LogP contribution is 2.22. The first kappa shape index (κ1) is 13.5. The van der Waals surface area contributed by atoms with Gasteiger partial charge < -0.3 is 10.2 Å². The van der Waals surface area contributed by atoms with Crippen LogP contribution >= 0.6 is 11.6 Å². The van der Waals surface area contributed by atoms with Crippen molar-refractivity contribution in [3.8, 4) is 11.4 Å². The van der Waals surface area contributed by atoms with Crippen LogP contribution in [0.15, 0.2) is 36.4 Å². The molecule has 4 rings (SSSR count). The first-order valence-corrected chi connectivity index (χ1v) is 7.63. The van der Waals surface area contributed by atoms with E-state index in [1.165, 1.54) is 5.69 Å². The van der Waals surface area contributed by atoms with E-state index < -0.39 is 0 Å². The third kappa shape index (κ3) is 2.40. The lowest BCUT2D eigenvalue weighted by molar-refractivity contribution is 0.589. The van der Waals surface area contributed by atoms with Gasteiger partial charge in [0.2, 0.25) is 0 Å². The molecule has 7 heteroatoms. The van der Waals surface area contributed by atoms with Gasteiger partial charge in [-0.15, -0.1) is 10.2 Å². The molecule has 1 fully saturated rings. The van der Waals surface area contributed by atoms with Crippen molar-refractivity contribution in [3.05, 3.63) is 41.6 Å². The molecule has 0 radical (unpaired) electrons. The summed E-state index contributed by atoms with van der Waals surface area (Å²) >= 11 is 5.96. The molecule has 112 valence electrons. The molecule has 1 aliphatic rings. The van der Waals surface area contributed by atoms with Crippen LogP contribution in [0.4, 0.5) is 5.69 Å². The Morgan fingerprint density at radius 2 is 1.73 bits per heavy atom. The molecule has 3 aromatic rings. The molecule has 0 unspecified atom stereocenters. The molecule has 0 spiro atoms. The number of benzene rings is 1. The molecule has 0 saturated carbocycles. The van der Waals surface area contributed by atoms with E-state index in [0.29, 0.717) is 16.6 Å². The second kappa shape index (κ2) is 5.55. The van der Waals surface area contributed by atoms with Crippen molar-refractivity contribution in [1.29, 1.82) is 0 Å². The van der Waals surface area contributed by atoms with Crippen molar-refractivity contribution in [1.82, 2.24) is 25.1 Å². The molecule has 0 amide bonds. The minimum absolute atomic E-state index is 0.422. The molecule has 6 nitrogen and oxygen atoms in total. The summed E-state index contributed by atoms with van der Waals surface area (Å²) in [7, 11) is 0. The number of nitrogens with one attached hydrogen (secondary N) is 1. The van der Waals surface area contributed by atoms with Crippen molar-refractivity contribution < 1.29 is 0 Å². The minimum Gasteiger partial charge on any atom is -0.369 e. The molecule has 22 heavy (non-hydrogen) atoms. The Kier molecular flexibility index (Phi) is 3.40. The number of aromatic nitrogens is 4. The fourth-order valence-corrected chi connectivity index (χ4v) is 2.83. The van der Waals surface area contributed by atoms with Crippen LogP contribution in [0.3, 0.4) is 0 Å². The number of piperazine rings is 1. The topological polar surface area (TPSA) is 58.4 Å². The van der Waals surface area contributed by atoms with Crippen molar-refractivity contribution in [2.24, 2.45) is 0 Å². The number of hydrogen-bond donors (Lipinski definition) is 1. The number of anilines is 1. The predicted octanol–water partition coefficient (Wildman–Crippen LogP) is 1.85. The second-order valence-corrected chi connectivity index (χ2v) is 5.62. The quantitative estimate of drug-likeness (QED) is 0.782. The van der Waals surface area contributed by atoms with Gasteiger partial charge in [-0.25, -0.2) is 0 Å². The lowest BCUT2D eigenvalue weighted by Gasteiger charge is -2.29. The number of halogens is 1. The van der Waals surface area contributed by atoms with E-state index >= 15 is 0 Å². The zero-order chi connectivity index (χ0) is 14.9. The molecule has 1 saturated heterocycles. The third-order valence-corrected chi connectivity index (χ3v) is 4.04. The summed E-state index contributed by atoms with van der Waals surface area (Å²) in [5, 5.41) is 16.4. The van der Waals surface area contributed by atoms with E-state index in [2.05, 4.69) is 49.8 Å². The van der Waals surface area contributed by atoms with E-state index in [1.807, 2.05) is 0 Å². The Hall–Kier alpha value is -2.18. The Labute approximate surface area is 132 Å². The third-order valence-electron chi connectivity index (χ3n) is 3.84. The predicted molar refractivity (Wildman–Crippen MR) is 86.3 cm³/mol. The van der Waals surface area contributed by atoms with Crippen LogP contribution in [0.1, 0.15) is 0 Å². The highest BCUT2D eigenvalue weighted by atomic mass is 35.5. The van der Waals surface area contributed by atoms with Crippen LogP contribution in [-0.4, -0.2) is 46.0 Å². The standard InChI is InChI=1S/C15H15ClN6/c16-13-5-6-14-18-19-15(22(14)20-13)11-1-3-12(4-2-11)21-9-7-17-8-10-21/h1-6,17H,7-10H2. The van der Waals surface area contributed by atoms with Crippen LogP contribution in [0, 0.1) is 0 Å². The summed E-state index contributed by atoms with van der Waals surface area (Å²) < 4.78 is 1.67. The lowest BCUT2D eigenvalue weighted by Crippen LogP contribution is -2.43. The Morgan fingerprint density at radius 1 is 0.955 bits per heavy atom. The van der Waals surface area contributed by atoms with Gasteiger partial charge in [0.1, 0.15) is 5.15 Å². The fourth-order valence-electron chi connectivity index (χ4n) is 2.69. The van der Waals surface area contributed by atoms with Gasteiger partial charge >= 0.3 is 0 Å². The van der Waals surface area contributed by atoms with E-state index in [0.717, 1.165) is 31.7 Å².